The normalized spacial score (nSPS) is 17.1. The number of carbonyl (C=O) groups excluding carboxylic acids is 1. The standard InChI is InChI=1S/C24H28ClN5O2/c1-17(2)27-24(31)26-11-14-32-20-10-13-29(15-20)16-21-23(18-6-8-19(25)9-7-18)28-22-5-3-4-12-30(21)22/h3-9,11-12,17,20H,10,13-16H2,1-2H3,(H,27,31)/b26-11-. The number of ether oxygens (including phenoxy) is 1. The van der Waals surface area contributed by atoms with Crippen LogP contribution in [0.15, 0.2) is 53.7 Å². The maximum atomic E-state index is 11.6. The number of nitrogens with one attached hydrogen (secondary N) is 1. The molecule has 32 heavy (non-hydrogen) atoms. The molecule has 0 radical (unpaired) electrons. The number of hydrogen-bond donors (Lipinski definition) is 1. The number of rotatable bonds is 7. The lowest BCUT2D eigenvalue weighted by atomic mass is 10.1. The summed E-state index contributed by atoms with van der Waals surface area (Å²) in [6.45, 7) is 6.67. The molecule has 1 saturated heterocycles. The van der Waals surface area contributed by atoms with Crippen LogP contribution in [0.5, 0.6) is 0 Å². The molecule has 0 saturated carbocycles. The van der Waals surface area contributed by atoms with Gasteiger partial charge in [0, 0.05) is 48.7 Å². The molecule has 4 rings (SSSR count). The molecular weight excluding hydrogens is 426 g/mol. The average Bonchev–Trinajstić information content (AvgIpc) is 3.36. The van der Waals surface area contributed by atoms with Crippen molar-refractivity contribution in [3.8, 4) is 11.3 Å². The molecule has 2 aromatic heterocycles. The van der Waals surface area contributed by atoms with E-state index in [9.17, 15) is 4.79 Å². The highest BCUT2D eigenvalue weighted by atomic mass is 35.5. The fraction of sp³-hybridized carbons (Fsp3) is 0.375. The van der Waals surface area contributed by atoms with E-state index in [1.54, 1.807) is 0 Å². The van der Waals surface area contributed by atoms with E-state index in [1.807, 2.05) is 56.3 Å². The number of benzene rings is 1. The maximum absolute atomic E-state index is 11.6. The van der Waals surface area contributed by atoms with Gasteiger partial charge in [0.05, 0.1) is 24.1 Å². The van der Waals surface area contributed by atoms with Crippen LogP contribution in [0.2, 0.25) is 5.02 Å². The van der Waals surface area contributed by atoms with Crippen molar-refractivity contribution in [3.63, 3.8) is 0 Å². The summed E-state index contributed by atoms with van der Waals surface area (Å²) < 4.78 is 8.07. The van der Waals surface area contributed by atoms with E-state index < -0.39 is 0 Å². The van der Waals surface area contributed by atoms with E-state index in [0.717, 1.165) is 48.7 Å². The Balaban J connectivity index is 1.41. The van der Waals surface area contributed by atoms with Crippen LogP contribution in [0.3, 0.4) is 0 Å². The zero-order valence-electron chi connectivity index (χ0n) is 18.4. The van der Waals surface area contributed by atoms with Gasteiger partial charge in [-0.15, -0.1) is 0 Å². The number of fused-ring (bicyclic) bond motifs is 1. The van der Waals surface area contributed by atoms with Crippen LogP contribution in [0.1, 0.15) is 26.0 Å². The molecule has 1 atom stereocenters. The van der Waals surface area contributed by atoms with E-state index in [2.05, 4.69) is 25.8 Å². The number of hydrogen-bond acceptors (Lipinski definition) is 4. The number of urea groups is 1. The Morgan fingerprint density at radius 2 is 2.12 bits per heavy atom. The Labute approximate surface area is 193 Å². The Morgan fingerprint density at radius 3 is 2.91 bits per heavy atom. The highest BCUT2D eigenvalue weighted by Crippen LogP contribution is 2.28. The highest BCUT2D eigenvalue weighted by molar-refractivity contribution is 6.30. The third kappa shape index (κ3) is 5.54. The number of imidazole rings is 1. The molecular formula is C24H28ClN5O2. The van der Waals surface area contributed by atoms with E-state index in [0.29, 0.717) is 11.6 Å². The monoisotopic (exact) mass is 453 g/mol. The van der Waals surface area contributed by atoms with Crippen LogP contribution in [0.25, 0.3) is 16.9 Å². The maximum Gasteiger partial charge on any atom is 0.340 e. The van der Waals surface area contributed by atoms with Gasteiger partial charge in [-0.05, 0) is 44.5 Å². The Bertz CT molecular complexity index is 1090. The van der Waals surface area contributed by atoms with E-state index in [-0.39, 0.29) is 18.2 Å². The summed E-state index contributed by atoms with van der Waals surface area (Å²) in [5.41, 5.74) is 4.10. The van der Waals surface area contributed by atoms with Crippen LogP contribution in [0.4, 0.5) is 4.79 Å². The van der Waals surface area contributed by atoms with Gasteiger partial charge in [0.1, 0.15) is 5.65 Å². The van der Waals surface area contributed by atoms with Gasteiger partial charge in [-0.2, -0.15) is 0 Å². The van der Waals surface area contributed by atoms with Crippen molar-refractivity contribution in [3.05, 3.63) is 59.4 Å². The number of pyridine rings is 1. The molecule has 0 spiro atoms. The second-order valence-corrected chi connectivity index (χ2v) is 8.67. The predicted octanol–water partition coefficient (Wildman–Crippen LogP) is 4.43. The minimum atomic E-state index is -0.334. The number of aliphatic imine (C=N–C) groups is 1. The van der Waals surface area contributed by atoms with Gasteiger partial charge in [-0.1, -0.05) is 29.8 Å². The second kappa shape index (κ2) is 10.3. The largest absolute Gasteiger partial charge is 0.371 e. The fourth-order valence-corrected chi connectivity index (χ4v) is 4.03. The van der Waals surface area contributed by atoms with Crippen molar-refractivity contribution in [1.82, 2.24) is 19.6 Å². The molecule has 1 fully saturated rings. The molecule has 3 aromatic rings. The first kappa shape index (κ1) is 22.5. The molecule has 1 aliphatic rings. The van der Waals surface area contributed by atoms with Crippen molar-refractivity contribution in [2.45, 2.75) is 39.0 Å². The molecule has 168 valence electrons. The first-order valence-corrected chi connectivity index (χ1v) is 11.3. The topological polar surface area (TPSA) is 71.2 Å². The highest BCUT2D eigenvalue weighted by Gasteiger charge is 2.25. The van der Waals surface area contributed by atoms with E-state index in [4.69, 9.17) is 21.3 Å². The molecule has 8 heteroatoms. The molecule has 1 unspecified atom stereocenters. The first-order valence-electron chi connectivity index (χ1n) is 10.9. The van der Waals surface area contributed by atoms with Crippen molar-refractivity contribution in [2.75, 3.05) is 19.7 Å². The minimum absolute atomic E-state index is 0.0707. The Hall–Kier alpha value is -2.74. The molecule has 2 amide bonds. The van der Waals surface area contributed by atoms with Crippen LogP contribution in [0, 0.1) is 0 Å². The smallest absolute Gasteiger partial charge is 0.340 e. The van der Waals surface area contributed by atoms with Gasteiger partial charge in [-0.25, -0.2) is 14.8 Å². The molecule has 0 aliphatic carbocycles. The summed E-state index contributed by atoms with van der Waals surface area (Å²) in [6.07, 6.45) is 4.65. The summed E-state index contributed by atoms with van der Waals surface area (Å²) in [4.78, 5) is 22.7. The number of amides is 2. The van der Waals surface area contributed by atoms with Crippen molar-refractivity contribution < 1.29 is 9.53 Å². The lowest BCUT2D eigenvalue weighted by Gasteiger charge is -2.17. The number of carbonyl (C=O) groups is 1. The van der Waals surface area contributed by atoms with Crippen LogP contribution in [-0.4, -0.2) is 58.4 Å². The number of aromatic nitrogens is 2. The molecule has 1 N–H and O–H groups in total. The first-order chi connectivity index (χ1) is 15.5. The number of likely N-dealkylation sites (tertiary alicyclic amines) is 1. The molecule has 1 aromatic carbocycles. The summed E-state index contributed by atoms with van der Waals surface area (Å²) in [5, 5.41) is 3.44. The van der Waals surface area contributed by atoms with Gasteiger partial charge in [0.15, 0.2) is 0 Å². The summed E-state index contributed by atoms with van der Waals surface area (Å²) in [5.74, 6) is 0. The third-order valence-corrected chi connectivity index (χ3v) is 5.63. The van der Waals surface area contributed by atoms with E-state index in [1.165, 1.54) is 6.21 Å². The SMILES string of the molecule is CC(C)NC(=O)/N=C\COC1CCN(Cc2c(-c3ccc(Cl)cc3)nc3ccccn23)C1. The van der Waals surface area contributed by atoms with Crippen molar-refractivity contribution in [2.24, 2.45) is 4.99 Å². The summed E-state index contributed by atoms with van der Waals surface area (Å²) in [7, 11) is 0. The van der Waals surface area contributed by atoms with Crippen molar-refractivity contribution in [1.29, 1.82) is 0 Å². The lowest BCUT2D eigenvalue weighted by Crippen LogP contribution is -2.27. The van der Waals surface area contributed by atoms with Crippen LogP contribution in [-0.2, 0) is 11.3 Å². The molecule has 7 nitrogen and oxygen atoms in total. The molecule has 3 heterocycles. The number of nitrogens with zero attached hydrogens (tertiary/aromatic N) is 4. The quantitative estimate of drug-likeness (QED) is 0.537. The summed E-state index contributed by atoms with van der Waals surface area (Å²) in [6, 6.07) is 13.6. The Kier molecular flexibility index (Phi) is 7.19. The van der Waals surface area contributed by atoms with Crippen molar-refractivity contribution >= 4 is 29.5 Å². The number of halogens is 1. The van der Waals surface area contributed by atoms with Gasteiger partial charge in [0.2, 0.25) is 0 Å². The van der Waals surface area contributed by atoms with E-state index >= 15 is 0 Å². The van der Waals surface area contributed by atoms with Gasteiger partial charge in [-0.3, -0.25) is 4.90 Å². The van der Waals surface area contributed by atoms with Gasteiger partial charge < -0.3 is 14.5 Å². The van der Waals surface area contributed by atoms with Gasteiger partial charge in [0.25, 0.3) is 0 Å². The summed E-state index contributed by atoms with van der Waals surface area (Å²) >= 11 is 6.08. The van der Waals surface area contributed by atoms with Crippen LogP contribution < -0.4 is 5.32 Å². The lowest BCUT2D eigenvalue weighted by molar-refractivity contribution is 0.0882. The third-order valence-electron chi connectivity index (χ3n) is 5.38. The zero-order chi connectivity index (χ0) is 22.5. The zero-order valence-corrected chi connectivity index (χ0v) is 19.1. The fourth-order valence-electron chi connectivity index (χ4n) is 3.91. The van der Waals surface area contributed by atoms with Gasteiger partial charge >= 0.3 is 6.03 Å². The molecule has 0 bridgehead atoms. The minimum Gasteiger partial charge on any atom is -0.371 e. The second-order valence-electron chi connectivity index (χ2n) is 8.24. The van der Waals surface area contributed by atoms with Crippen LogP contribution >= 0.6 is 11.6 Å². The average molecular weight is 454 g/mol. The predicted molar refractivity (Wildman–Crippen MR) is 127 cm³/mol. The Morgan fingerprint density at radius 1 is 1.31 bits per heavy atom. The molecule has 1 aliphatic heterocycles.